The molecule has 11 heteroatoms. The van der Waals surface area contributed by atoms with Crippen LogP contribution in [0.2, 0.25) is 0 Å². The topological polar surface area (TPSA) is 158 Å². The molecule has 0 fully saturated rings. The number of carboxylic acids is 2. The van der Waals surface area contributed by atoms with E-state index in [1.807, 2.05) is 0 Å². The van der Waals surface area contributed by atoms with Crippen LogP contribution in [0.1, 0.15) is 42.5 Å². The largest absolute Gasteiger partial charge is 0.481 e. The summed E-state index contributed by atoms with van der Waals surface area (Å²) >= 11 is 2.08. The number of nitrogens with one attached hydrogen (secondary N) is 3. The number of nitrogens with zero attached hydrogens (tertiary/aromatic N) is 1. The third-order valence-electron chi connectivity index (χ3n) is 3.51. The second kappa shape index (κ2) is 12.9. The van der Waals surface area contributed by atoms with Gasteiger partial charge in [-0.05, 0) is 54.3 Å². The first-order valence-corrected chi connectivity index (χ1v) is 9.59. The van der Waals surface area contributed by atoms with E-state index in [0.717, 1.165) is 3.57 Å². The van der Waals surface area contributed by atoms with Crippen molar-refractivity contribution in [2.75, 3.05) is 6.54 Å². The Morgan fingerprint density at radius 2 is 1.93 bits per heavy atom. The molecule has 0 saturated heterocycles. The highest BCUT2D eigenvalue weighted by atomic mass is 125. The molecule has 0 aliphatic carbocycles. The summed E-state index contributed by atoms with van der Waals surface area (Å²) in [5.41, 5.74) is 0.493. The first-order valence-electron chi connectivity index (χ1n) is 8.51. The highest BCUT2D eigenvalue weighted by Crippen LogP contribution is 2.05. The molecule has 1 aromatic rings. The van der Waals surface area contributed by atoms with Crippen molar-refractivity contribution in [2.45, 2.75) is 38.1 Å². The van der Waals surface area contributed by atoms with E-state index in [2.05, 4.69) is 43.5 Å². The van der Waals surface area contributed by atoms with Gasteiger partial charge in [0.05, 0.1) is 12.1 Å². The Balaban J connectivity index is 2.14. The minimum Gasteiger partial charge on any atom is -0.481 e. The van der Waals surface area contributed by atoms with Gasteiger partial charge in [-0.15, -0.1) is 0 Å². The highest BCUT2D eigenvalue weighted by molar-refractivity contribution is 14.1. The van der Waals surface area contributed by atoms with Crippen LogP contribution in [-0.4, -0.2) is 51.7 Å². The number of amides is 3. The highest BCUT2D eigenvalue weighted by Gasteiger charge is 2.20. The Hall–Kier alpha value is -2.44. The fraction of sp³-hybridized carbons (Fsp3) is 0.412. The van der Waals surface area contributed by atoms with Crippen molar-refractivity contribution in [3.8, 4) is 0 Å². The maximum atomic E-state index is 11.9. The Morgan fingerprint density at radius 1 is 1.18 bits per heavy atom. The van der Waals surface area contributed by atoms with Gasteiger partial charge in [0.2, 0.25) is 0 Å². The summed E-state index contributed by atoms with van der Waals surface area (Å²) in [6, 6.07) is -0.243. The van der Waals surface area contributed by atoms with E-state index in [9.17, 15) is 19.2 Å². The lowest BCUT2D eigenvalue weighted by Crippen LogP contribution is -2.45. The van der Waals surface area contributed by atoms with Gasteiger partial charge in [0.15, 0.2) is 0 Å². The number of pyridine rings is 1. The number of urea groups is 1. The summed E-state index contributed by atoms with van der Waals surface area (Å²) < 4.78 is 0.872. The smallest absolute Gasteiger partial charge is 0.326 e. The predicted octanol–water partition coefficient (Wildman–Crippen LogP) is 1.37. The molecule has 10 nitrogen and oxygen atoms in total. The lowest BCUT2D eigenvalue weighted by molar-refractivity contribution is -0.140. The standard InChI is InChI=1S/C17H22IN4O6/c18-12-8-11(9-19-10-12)15(25)20-6-2-1-3-7-21-17(28)22-13(16(26)27)4-5-14(23)24/h7-10,13H,1-6H2,(H,20,25)(H,23,24)(H,26,27)(H2,21,22,28)/i18-2. The van der Waals surface area contributed by atoms with Crippen LogP contribution in [0.5, 0.6) is 0 Å². The van der Waals surface area contributed by atoms with Crippen LogP contribution in [0.15, 0.2) is 18.5 Å². The van der Waals surface area contributed by atoms with Crippen molar-refractivity contribution >= 4 is 46.5 Å². The summed E-state index contributed by atoms with van der Waals surface area (Å²) in [4.78, 5) is 49.0. The van der Waals surface area contributed by atoms with Crippen LogP contribution < -0.4 is 16.0 Å². The summed E-state index contributed by atoms with van der Waals surface area (Å²) in [6.07, 6.45) is 4.52. The van der Waals surface area contributed by atoms with Crippen LogP contribution in [0.3, 0.4) is 0 Å². The molecule has 1 radical (unpaired) electrons. The third-order valence-corrected chi connectivity index (χ3v) is 4.10. The molecule has 1 unspecified atom stereocenters. The summed E-state index contributed by atoms with van der Waals surface area (Å²) in [6.45, 7) is 1.96. The molecule has 1 aromatic heterocycles. The van der Waals surface area contributed by atoms with Crippen molar-refractivity contribution in [1.29, 1.82) is 0 Å². The number of carbonyl (C=O) groups is 4. The minimum absolute atomic E-state index is 0.200. The average molecular weight is 503 g/mol. The number of rotatable bonds is 12. The first-order chi connectivity index (χ1) is 13.3. The van der Waals surface area contributed by atoms with Gasteiger partial charge in [0.1, 0.15) is 6.04 Å². The van der Waals surface area contributed by atoms with Crippen molar-refractivity contribution in [3.63, 3.8) is 0 Å². The fourth-order valence-corrected chi connectivity index (χ4v) is 2.60. The number of hydrogen-bond donors (Lipinski definition) is 5. The van der Waals surface area contributed by atoms with Crippen LogP contribution >= 0.6 is 22.6 Å². The third kappa shape index (κ3) is 10.0. The maximum absolute atomic E-state index is 11.9. The van der Waals surface area contributed by atoms with Crippen LogP contribution in [0, 0.1) is 10.1 Å². The number of carboxylic acid groups (broad SMARTS) is 2. The van der Waals surface area contributed by atoms with Crippen molar-refractivity contribution in [2.24, 2.45) is 0 Å². The van der Waals surface area contributed by atoms with Gasteiger partial charge in [0, 0.05) is 28.9 Å². The number of aromatic nitrogens is 1. The zero-order valence-electron chi connectivity index (χ0n) is 15.0. The zero-order valence-corrected chi connectivity index (χ0v) is 17.1. The van der Waals surface area contributed by atoms with Crippen LogP contribution in [0.25, 0.3) is 0 Å². The van der Waals surface area contributed by atoms with E-state index >= 15 is 0 Å². The Morgan fingerprint density at radius 3 is 2.57 bits per heavy atom. The zero-order chi connectivity index (χ0) is 20.9. The molecular weight excluding hydrogens is 481 g/mol. The molecule has 0 bridgehead atoms. The Kier molecular flexibility index (Phi) is 10.8. The van der Waals surface area contributed by atoms with Crippen molar-refractivity contribution in [1.82, 2.24) is 20.9 Å². The molecule has 0 aromatic carbocycles. The first kappa shape index (κ1) is 23.6. The van der Waals surface area contributed by atoms with Gasteiger partial charge in [-0.2, -0.15) is 0 Å². The van der Waals surface area contributed by atoms with E-state index in [1.54, 1.807) is 12.3 Å². The number of hydrogen-bond acceptors (Lipinski definition) is 5. The summed E-state index contributed by atoms with van der Waals surface area (Å²) in [5, 5.41) is 24.9. The van der Waals surface area contributed by atoms with Crippen LogP contribution in [0.4, 0.5) is 4.79 Å². The number of unbranched alkanes of at least 4 members (excludes halogenated alkanes) is 2. The molecule has 1 atom stereocenters. The Labute approximate surface area is 175 Å². The summed E-state index contributed by atoms with van der Waals surface area (Å²) in [7, 11) is 0. The average Bonchev–Trinajstić information content (AvgIpc) is 2.63. The SMILES string of the molecule is O=C(O)CCC(NC(=O)N[CH]CCCCNC(=O)c1cncc([125I])c1)C(=O)O. The molecule has 0 aliphatic heterocycles. The van der Waals surface area contributed by atoms with Gasteiger partial charge in [-0.25, -0.2) is 9.59 Å². The molecule has 28 heavy (non-hydrogen) atoms. The quantitative estimate of drug-likeness (QED) is 0.213. The molecule has 1 heterocycles. The Bertz CT molecular complexity index is 700. The molecule has 5 N–H and O–H groups in total. The fourth-order valence-electron chi connectivity index (χ4n) is 2.10. The molecule has 3 amide bonds. The van der Waals surface area contributed by atoms with E-state index < -0.39 is 24.0 Å². The molecule has 153 valence electrons. The van der Waals surface area contributed by atoms with Gasteiger partial charge >= 0.3 is 18.0 Å². The lowest BCUT2D eigenvalue weighted by Gasteiger charge is -2.14. The minimum atomic E-state index is -1.30. The van der Waals surface area contributed by atoms with Gasteiger partial charge in [-0.3, -0.25) is 14.6 Å². The van der Waals surface area contributed by atoms with E-state index in [4.69, 9.17) is 10.2 Å². The second-order valence-electron chi connectivity index (χ2n) is 5.79. The molecule has 0 aliphatic rings. The number of carbonyl (C=O) groups excluding carboxylic acids is 2. The number of aliphatic carboxylic acids is 2. The summed E-state index contributed by atoms with van der Waals surface area (Å²) in [5.74, 6) is -2.63. The second-order valence-corrected chi connectivity index (χ2v) is 7.03. The lowest BCUT2D eigenvalue weighted by atomic mass is 10.1. The molecular formula is C17H22IN4O6. The van der Waals surface area contributed by atoms with Gasteiger partial charge in [-0.1, -0.05) is 0 Å². The van der Waals surface area contributed by atoms with Crippen molar-refractivity contribution < 1.29 is 29.4 Å². The molecule has 1 rings (SSSR count). The monoisotopic (exact) mass is 503 g/mol. The number of halogens is 1. The van der Waals surface area contributed by atoms with E-state index in [-0.39, 0.29) is 18.7 Å². The van der Waals surface area contributed by atoms with E-state index in [0.29, 0.717) is 31.4 Å². The van der Waals surface area contributed by atoms with Gasteiger partial charge in [0.25, 0.3) is 5.91 Å². The molecule has 0 saturated carbocycles. The normalized spacial score (nSPS) is 11.3. The predicted molar refractivity (Wildman–Crippen MR) is 107 cm³/mol. The van der Waals surface area contributed by atoms with E-state index in [1.165, 1.54) is 12.7 Å². The van der Waals surface area contributed by atoms with Gasteiger partial charge < -0.3 is 26.2 Å². The molecule has 0 spiro atoms. The maximum Gasteiger partial charge on any atom is 0.326 e. The van der Waals surface area contributed by atoms with Crippen molar-refractivity contribution in [3.05, 3.63) is 34.1 Å². The van der Waals surface area contributed by atoms with Crippen LogP contribution in [-0.2, 0) is 9.59 Å².